The molecule has 0 bridgehead atoms. The molecule has 3 aliphatic rings. The Labute approximate surface area is 244 Å². The van der Waals surface area contributed by atoms with Gasteiger partial charge in [0.2, 0.25) is 11.8 Å². The number of nitrogens with one attached hydrogen (secondary N) is 2. The summed E-state index contributed by atoms with van der Waals surface area (Å²) in [5.41, 5.74) is 0.890. The van der Waals surface area contributed by atoms with Gasteiger partial charge in [0.05, 0.1) is 26.4 Å². The highest BCUT2D eigenvalue weighted by atomic mass is 16.5. The van der Waals surface area contributed by atoms with Crippen LogP contribution in [0.2, 0.25) is 0 Å². The van der Waals surface area contributed by atoms with E-state index in [9.17, 15) is 14.4 Å². The Morgan fingerprint density at radius 3 is 2.46 bits per heavy atom. The van der Waals surface area contributed by atoms with Crippen LogP contribution in [0.1, 0.15) is 77.2 Å². The highest BCUT2D eigenvalue weighted by molar-refractivity contribution is 5.89. The van der Waals surface area contributed by atoms with Gasteiger partial charge in [0.25, 0.3) is 0 Å². The van der Waals surface area contributed by atoms with Crippen molar-refractivity contribution in [2.24, 2.45) is 5.92 Å². The molecule has 2 aliphatic heterocycles. The summed E-state index contributed by atoms with van der Waals surface area (Å²) in [6, 6.07) is 4.37. The third kappa shape index (κ3) is 8.27. The van der Waals surface area contributed by atoms with Crippen molar-refractivity contribution in [1.29, 1.82) is 0 Å². The van der Waals surface area contributed by atoms with Crippen LogP contribution in [0.4, 0.5) is 4.79 Å². The van der Waals surface area contributed by atoms with Crippen molar-refractivity contribution < 1.29 is 28.6 Å². The monoisotopic (exact) mass is 572 g/mol. The first-order chi connectivity index (χ1) is 19.8. The summed E-state index contributed by atoms with van der Waals surface area (Å²) >= 11 is 0. The molecule has 10 nitrogen and oxygen atoms in total. The number of carbonyl (C=O) groups is 3. The van der Waals surface area contributed by atoms with E-state index < -0.39 is 12.1 Å². The van der Waals surface area contributed by atoms with Crippen LogP contribution in [0.25, 0.3) is 0 Å². The van der Waals surface area contributed by atoms with Crippen LogP contribution >= 0.6 is 0 Å². The molecule has 0 spiro atoms. The van der Waals surface area contributed by atoms with E-state index in [0.717, 1.165) is 50.7 Å². The molecule has 1 aromatic rings. The molecule has 10 heteroatoms. The van der Waals surface area contributed by atoms with Gasteiger partial charge in [0.15, 0.2) is 11.5 Å². The quantitative estimate of drug-likeness (QED) is 0.417. The van der Waals surface area contributed by atoms with Gasteiger partial charge in [-0.05, 0) is 55.7 Å². The van der Waals surface area contributed by atoms with E-state index in [-0.39, 0.29) is 48.9 Å². The van der Waals surface area contributed by atoms with Gasteiger partial charge < -0.3 is 34.6 Å². The molecule has 2 saturated heterocycles. The minimum atomic E-state index is -0.650. The maximum absolute atomic E-state index is 14.0. The van der Waals surface area contributed by atoms with Gasteiger partial charge in [0, 0.05) is 38.7 Å². The number of carbonyl (C=O) groups excluding carboxylic acids is 3. The maximum atomic E-state index is 14.0. The number of nitrogens with zero attached hydrogens (tertiary/aromatic N) is 2. The number of urea groups is 1. The molecule has 41 heavy (non-hydrogen) atoms. The second-order valence-electron chi connectivity index (χ2n) is 12.0. The van der Waals surface area contributed by atoms with Crippen molar-refractivity contribution in [3.8, 4) is 11.5 Å². The van der Waals surface area contributed by atoms with Gasteiger partial charge >= 0.3 is 6.03 Å². The summed E-state index contributed by atoms with van der Waals surface area (Å²) in [5, 5.41) is 6.23. The third-order valence-electron chi connectivity index (χ3n) is 8.41. The number of methoxy groups -OCH3 is 2. The summed E-state index contributed by atoms with van der Waals surface area (Å²) in [6.07, 6.45) is 7.87. The van der Waals surface area contributed by atoms with Crippen LogP contribution in [-0.2, 0) is 20.9 Å². The van der Waals surface area contributed by atoms with E-state index in [0.29, 0.717) is 31.0 Å². The fraction of sp³-hybridized carbons (Fsp3) is 0.710. The molecule has 2 heterocycles. The first kappa shape index (κ1) is 30.9. The summed E-state index contributed by atoms with van der Waals surface area (Å²) in [7, 11) is 3.17. The molecule has 0 radical (unpaired) electrons. The molecule has 4 amide bonds. The van der Waals surface area contributed by atoms with Gasteiger partial charge in [0.1, 0.15) is 6.04 Å². The molecule has 1 aromatic carbocycles. The Morgan fingerprint density at radius 1 is 1.05 bits per heavy atom. The molecule has 3 atom stereocenters. The van der Waals surface area contributed by atoms with E-state index >= 15 is 0 Å². The first-order valence-corrected chi connectivity index (χ1v) is 15.3. The van der Waals surface area contributed by atoms with E-state index in [1.807, 2.05) is 18.2 Å². The Hall–Kier alpha value is -3.01. The Morgan fingerprint density at radius 2 is 1.80 bits per heavy atom. The topological polar surface area (TPSA) is 109 Å². The second-order valence-corrected chi connectivity index (χ2v) is 12.0. The minimum absolute atomic E-state index is 0.0350. The lowest BCUT2D eigenvalue weighted by Gasteiger charge is -2.47. The van der Waals surface area contributed by atoms with Crippen molar-refractivity contribution >= 4 is 17.8 Å². The van der Waals surface area contributed by atoms with Crippen molar-refractivity contribution in [3.63, 3.8) is 0 Å². The predicted octanol–water partition coefficient (Wildman–Crippen LogP) is 3.86. The van der Waals surface area contributed by atoms with Gasteiger partial charge in [-0.3, -0.25) is 9.59 Å². The molecule has 0 aromatic heterocycles. The second kappa shape index (κ2) is 14.8. The molecular formula is C31H48N4O6. The van der Waals surface area contributed by atoms with Crippen LogP contribution in [0.5, 0.6) is 11.5 Å². The van der Waals surface area contributed by atoms with Gasteiger partial charge in [-0.1, -0.05) is 39.2 Å². The van der Waals surface area contributed by atoms with Crippen LogP contribution in [-0.4, -0.2) is 85.8 Å². The smallest absolute Gasteiger partial charge is 0.318 e. The highest BCUT2D eigenvalue weighted by Crippen LogP contribution is 2.31. The maximum Gasteiger partial charge on any atom is 0.318 e. The standard InChI is InChI=1S/C31H48N4O6/c1-21(2)15-26-30(37)34(19-22-12-13-27(39-3)28(16-22)40-4)20-24(17-29(36)32-18-25-11-8-14-41-25)35(26)31(38)33-23-9-6-5-7-10-23/h12-13,16,21,23-26H,5-11,14-15,17-20H2,1-4H3,(H,32,36)(H,33,38)/t24-,25?,26+/m1/s1. The van der Waals surface area contributed by atoms with Gasteiger partial charge in [-0.15, -0.1) is 0 Å². The Balaban J connectivity index is 1.57. The SMILES string of the molecule is COc1ccc(CN2C[C@@H](CC(=O)NCC3CCCO3)N(C(=O)NC3CCCCC3)[C@@H](CC(C)C)C2=O)cc1OC. The van der Waals surface area contributed by atoms with Crippen molar-refractivity contribution in [2.45, 2.75) is 102 Å². The highest BCUT2D eigenvalue weighted by Gasteiger charge is 2.44. The van der Waals surface area contributed by atoms with Crippen molar-refractivity contribution in [1.82, 2.24) is 20.4 Å². The molecule has 2 N–H and O–H groups in total. The number of benzene rings is 1. The molecule has 3 fully saturated rings. The van der Waals surface area contributed by atoms with E-state index in [1.54, 1.807) is 24.0 Å². The Kier molecular flexibility index (Phi) is 11.1. The normalized spacial score (nSPS) is 23.5. The number of amides is 4. The van der Waals surface area contributed by atoms with Crippen molar-refractivity contribution in [2.75, 3.05) is 33.9 Å². The number of hydrogen-bond donors (Lipinski definition) is 2. The predicted molar refractivity (Wildman–Crippen MR) is 156 cm³/mol. The number of hydrogen-bond acceptors (Lipinski definition) is 6. The molecule has 1 aliphatic carbocycles. The summed E-state index contributed by atoms with van der Waals surface area (Å²) in [4.78, 5) is 44.5. The Bertz CT molecular complexity index is 1040. The van der Waals surface area contributed by atoms with Crippen LogP contribution in [0.15, 0.2) is 18.2 Å². The van der Waals surface area contributed by atoms with Crippen molar-refractivity contribution in [3.05, 3.63) is 23.8 Å². The lowest BCUT2D eigenvalue weighted by Crippen LogP contribution is -2.66. The van der Waals surface area contributed by atoms with Crippen LogP contribution in [0, 0.1) is 5.92 Å². The van der Waals surface area contributed by atoms with Crippen LogP contribution in [0.3, 0.4) is 0 Å². The summed E-state index contributed by atoms with van der Waals surface area (Å²) in [6.45, 7) is 5.92. The third-order valence-corrected chi connectivity index (χ3v) is 8.41. The average Bonchev–Trinajstić information content (AvgIpc) is 3.48. The minimum Gasteiger partial charge on any atom is -0.493 e. The number of rotatable bonds is 11. The first-order valence-electron chi connectivity index (χ1n) is 15.3. The van der Waals surface area contributed by atoms with Crippen LogP contribution < -0.4 is 20.1 Å². The number of ether oxygens (including phenoxy) is 3. The number of piperazine rings is 1. The molecule has 228 valence electrons. The molecule has 1 saturated carbocycles. The molecule has 4 rings (SSSR count). The zero-order chi connectivity index (χ0) is 29.4. The lowest BCUT2D eigenvalue weighted by molar-refractivity contribution is -0.145. The zero-order valence-electron chi connectivity index (χ0n) is 25.2. The van der Waals surface area contributed by atoms with Gasteiger partial charge in [-0.25, -0.2) is 4.79 Å². The largest absolute Gasteiger partial charge is 0.493 e. The zero-order valence-corrected chi connectivity index (χ0v) is 25.2. The molecular weight excluding hydrogens is 524 g/mol. The lowest BCUT2D eigenvalue weighted by atomic mass is 9.93. The van der Waals surface area contributed by atoms with E-state index in [1.165, 1.54) is 6.42 Å². The van der Waals surface area contributed by atoms with E-state index in [4.69, 9.17) is 14.2 Å². The van der Waals surface area contributed by atoms with Gasteiger partial charge in [-0.2, -0.15) is 0 Å². The van der Waals surface area contributed by atoms with E-state index in [2.05, 4.69) is 24.5 Å². The fourth-order valence-electron chi connectivity index (χ4n) is 6.30. The molecule has 1 unspecified atom stereocenters. The summed E-state index contributed by atoms with van der Waals surface area (Å²) in [5.74, 6) is 1.16. The fourth-order valence-corrected chi connectivity index (χ4v) is 6.30. The average molecular weight is 573 g/mol. The summed E-state index contributed by atoms with van der Waals surface area (Å²) < 4.78 is 16.5.